The number of hydrogen-bond acceptors (Lipinski definition) is 3. The Morgan fingerprint density at radius 2 is 2.21 bits per heavy atom. The second-order valence-corrected chi connectivity index (χ2v) is 4.94. The lowest BCUT2D eigenvalue weighted by atomic mass is 9.88. The molecule has 0 spiro atoms. The molecule has 1 amide bonds. The van der Waals surface area contributed by atoms with E-state index in [0.29, 0.717) is 36.6 Å². The maximum absolute atomic E-state index is 11.8. The molecular formula is C14H15NO4. The highest BCUT2D eigenvalue weighted by Crippen LogP contribution is 2.45. The molecule has 2 aliphatic heterocycles. The Balaban J connectivity index is 2.19. The second kappa shape index (κ2) is 4.26. The summed E-state index contributed by atoms with van der Waals surface area (Å²) in [5, 5.41) is 9.31. The number of anilines is 1. The number of hydrogen-bond donors (Lipinski definition) is 1. The molecule has 0 aromatic heterocycles. The van der Waals surface area contributed by atoms with Crippen LogP contribution in [0.15, 0.2) is 12.1 Å². The monoisotopic (exact) mass is 261 g/mol. The zero-order valence-corrected chi connectivity index (χ0v) is 10.7. The van der Waals surface area contributed by atoms with Gasteiger partial charge in [0.05, 0.1) is 18.2 Å². The van der Waals surface area contributed by atoms with E-state index in [-0.39, 0.29) is 5.91 Å². The molecule has 1 aromatic carbocycles. The minimum atomic E-state index is -0.845. The first-order valence-corrected chi connectivity index (χ1v) is 6.39. The predicted octanol–water partition coefficient (Wildman–Crippen LogP) is 1.55. The minimum Gasteiger partial charge on any atom is -0.491 e. The zero-order chi connectivity index (χ0) is 13.6. The van der Waals surface area contributed by atoms with E-state index < -0.39 is 11.9 Å². The second-order valence-electron chi connectivity index (χ2n) is 4.94. The van der Waals surface area contributed by atoms with Crippen molar-refractivity contribution in [2.45, 2.75) is 25.7 Å². The van der Waals surface area contributed by atoms with Crippen molar-refractivity contribution >= 4 is 17.6 Å². The van der Waals surface area contributed by atoms with Gasteiger partial charge in [-0.2, -0.15) is 0 Å². The Morgan fingerprint density at radius 3 is 2.89 bits per heavy atom. The molecule has 100 valence electrons. The van der Waals surface area contributed by atoms with E-state index in [2.05, 4.69) is 0 Å². The van der Waals surface area contributed by atoms with Gasteiger partial charge in [0, 0.05) is 19.9 Å². The Morgan fingerprint density at radius 1 is 1.42 bits per heavy atom. The average molecular weight is 261 g/mol. The first-order valence-electron chi connectivity index (χ1n) is 6.39. The fourth-order valence-electron chi connectivity index (χ4n) is 2.91. The van der Waals surface area contributed by atoms with Gasteiger partial charge >= 0.3 is 5.97 Å². The number of rotatable bonds is 1. The molecule has 1 atom stereocenters. The first kappa shape index (κ1) is 12.0. The van der Waals surface area contributed by atoms with Crippen LogP contribution in [-0.4, -0.2) is 30.1 Å². The predicted molar refractivity (Wildman–Crippen MR) is 68.7 cm³/mol. The molecule has 0 fully saturated rings. The lowest BCUT2D eigenvalue weighted by molar-refractivity contribution is -0.139. The molecular weight excluding hydrogens is 246 g/mol. The topological polar surface area (TPSA) is 66.8 Å². The van der Waals surface area contributed by atoms with Crippen LogP contribution in [0.1, 0.15) is 30.4 Å². The Labute approximate surface area is 110 Å². The van der Waals surface area contributed by atoms with Crippen LogP contribution in [0.3, 0.4) is 0 Å². The van der Waals surface area contributed by atoms with Crippen LogP contribution in [-0.2, 0) is 16.0 Å². The summed E-state index contributed by atoms with van der Waals surface area (Å²) >= 11 is 0. The molecule has 19 heavy (non-hydrogen) atoms. The van der Waals surface area contributed by atoms with Gasteiger partial charge in [-0.3, -0.25) is 9.59 Å². The fraction of sp³-hybridized carbons (Fsp3) is 0.429. The number of nitrogens with zero attached hydrogens (tertiary/aromatic N) is 1. The molecule has 1 unspecified atom stereocenters. The van der Waals surface area contributed by atoms with Crippen LogP contribution in [0.5, 0.6) is 5.75 Å². The normalized spacial score (nSPS) is 20.5. The molecule has 0 bridgehead atoms. The van der Waals surface area contributed by atoms with Gasteiger partial charge in [-0.05, 0) is 17.5 Å². The molecule has 0 saturated carbocycles. The van der Waals surface area contributed by atoms with Gasteiger partial charge in [-0.1, -0.05) is 12.1 Å². The summed E-state index contributed by atoms with van der Waals surface area (Å²) in [6, 6.07) is 3.75. The van der Waals surface area contributed by atoms with Crippen LogP contribution < -0.4 is 9.64 Å². The van der Waals surface area contributed by atoms with Crippen molar-refractivity contribution in [2.24, 2.45) is 0 Å². The standard InChI is InChI=1S/C14H15NO4/c1-8(16)15-6-4-11(14(17)18)10-3-2-9-5-7-19-13(9)12(10)15/h2-3,11H,4-7H2,1H3,(H,17,18). The van der Waals surface area contributed by atoms with Gasteiger partial charge in [0.25, 0.3) is 0 Å². The smallest absolute Gasteiger partial charge is 0.311 e. The van der Waals surface area contributed by atoms with E-state index in [1.165, 1.54) is 6.92 Å². The van der Waals surface area contributed by atoms with Crippen LogP contribution in [0.2, 0.25) is 0 Å². The Hall–Kier alpha value is -2.04. The molecule has 1 aromatic rings. The Kier molecular flexibility index (Phi) is 2.69. The molecule has 5 heteroatoms. The SMILES string of the molecule is CC(=O)N1CCC(C(=O)O)c2ccc3c(c21)OCC3. The summed E-state index contributed by atoms with van der Waals surface area (Å²) in [5.41, 5.74) is 2.41. The van der Waals surface area contributed by atoms with E-state index in [1.807, 2.05) is 12.1 Å². The van der Waals surface area contributed by atoms with Crippen molar-refractivity contribution in [2.75, 3.05) is 18.1 Å². The zero-order valence-electron chi connectivity index (χ0n) is 10.7. The number of fused-ring (bicyclic) bond motifs is 3. The Bertz CT molecular complexity index is 567. The van der Waals surface area contributed by atoms with E-state index in [0.717, 1.165) is 12.0 Å². The van der Waals surface area contributed by atoms with Crippen LogP contribution in [0.4, 0.5) is 5.69 Å². The van der Waals surface area contributed by atoms with Crippen LogP contribution >= 0.6 is 0 Å². The highest BCUT2D eigenvalue weighted by atomic mass is 16.5. The van der Waals surface area contributed by atoms with Gasteiger partial charge in [-0.25, -0.2) is 0 Å². The summed E-state index contributed by atoms with van der Waals surface area (Å²) in [6.45, 7) is 2.52. The van der Waals surface area contributed by atoms with Crippen molar-refractivity contribution in [3.8, 4) is 5.75 Å². The molecule has 5 nitrogen and oxygen atoms in total. The summed E-state index contributed by atoms with van der Waals surface area (Å²) in [7, 11) is 0. The third-order valence-electron chi connectivity index (χ3n) is 3.83. The van der Waals surface area contributed by atoms with Gasteiger partial charge < -0.3 is 14.7 Å². The van der Waals surface area contributed by atoms with Crippen molar-refractivity contribution in [1.82, 2.24) is 0 Å². The largest absolute Gasteiger partial charge is 0.491 e. The van der Waals surface area contributed by atoms with E-state index in [9.17, 15) is 14.7 Å². The number of carbonyl (C=O) groups excluding carboxylic acids is 1. The number of carbonyl (C=O) groups is 2. The fourth-order valence-corrected chi connectivity index (χ4v) is 2.91. The van der Waals surface area contributed by atoms with E-state index in [1.54, 1.807) is 4.90 Å². The van der Waals surface area contributed by atoms with Crippen LogP contribution in [0.25, 0.3) is 0 Å². The van der Waals surface area contributed by atoms with Gasteiger partial charge in [-0.15, -0.1) is 0 Å². The van der Waals surface area contributed by atoms with Gasteiger partial charge in [0.2, 0.25) is 5.91 Å². The molecule has 0 saturated heterocycles. The van der Waals surface area contributed by atoms with E-state index in [4.69, 9.17) is 4.74 Å². The summed E-state index contributed by atoms with van der Waals surface area (Å²) < 4.78 is 5.62. The summed E-state index contributed by atoms with van der Waals surface area (Å²) in [6.07, 6.45) is 1.26. The molecule has 1 N–H and O–H groups in total. The molecule has 0 aliphatic carbocycles. The molecule has 3 rings (SSSR count). The minimum absolute atomic E-state index is 0.0750. The molecule has 2 aliphatic rings. The number of carboxylic acids is 1. The maximum Gasteiger partial charge on any atom is 0.311 e. The summed E-state index contributed by atoms with van der Waals surface area (Å²) in [5.74, 6) is -0.782. The average Bonchev–Trinajstić information content (AvgIpc) is 2.85. The van der Waals surface area contributed by atoms with E-state index >= 15 is 0 Å². The lowest BCUT2D eigenvalue weighted by Gasteiger charge is -2.33. The highest BCUT2D eigenvalue weighted by molar-refractivity contribution is 5.97. The first-order chi connectivity index (χ1) is 9.09. The molecule has 2 heterocycles. The van der Waals surface area contributed by atoms with Crippen LogP contribution in [0, 0.1) is 0 Å². The van der Waals surface area contributed by atoms with Crippen molar-refractivity contribution in [3.63, 3.8) is 0 Å². The van der Waals surface area contributed by atoms with Crippen molar-refractivity contribution in [3.05, 3.63) is 23.3 Å². The number of benzene rings is 1. The number of carboxylic acid groups (broad SMARTS) is 1. The lowest BCUT2D eigenvalue weighted by Crippen LogP contribution is -2.37. The quantitative estimate of drug-likeness (QED) is 0.832. The third kappa shape index (κ3) is 1.77. The number of ether oxygens (including phenoxy) is 1. The third-order valence-corrected chi connectivity index (χ3v) is 3.83. The maximum atomic E-state index is 11.8. The van der Waals surface area contributed by atoms with Crippen molar-refractivity contribution < 1.29 is 19.4 Å². The van der Waals surface area contributed by atoms with Crippen molar-refractivity contribution in [1.29, 1.82) is 0 Å². The highest BCUT2D eigenvalue weighted by Gasteiger charge is 2.35. The van der Waals surface area contributed by atoms with Gasteiger partial charge in [0.1, 0.15) is 5.75 Å². The summed E-state index contributed by atoms with van der Waals surface area (Å²) in [4.78, 5) is 24.7. The molecule has 0 radical (unpaired) electrons. The number of aliphatic carboxylic acids is 1. The number of amides is 1. The van der Waals surface area contributed by atoms with Gasteiger partial charge in [0.15, 0.2) is 0 Å².